The van der Waals surface area contributed by atoms with Gasteiger partial charge in [0, 0.05) is 46.1 Å². The van der Waals surface area contributed by atoms with Crippen LogP contribution in [0.5, 0.6) is 5.75 Å². The summed E-state index contributed by atoms with van der Waals surface area (Å²) in [6.07, 6.45) is 0.724. The second-order valence-electron chi connectivity index (χ2n) is 6.85. The first-order chi connectivity index (χ1) is 12.8. The SMILES string of the molecule is Cc1nnc(CCN2CCN(S(=O)(=O)c3ccc(OC(C)C)cc3)CC2)o1. The number of hydrogen-bond donors (Lipinski definition) is 0. The van der Waals surface area contributed by atoms with Crippen LogP contribution in [-0.2, 0) is 16.4 Å². The maximum atomic E-state index is 12.8. The summed E-state index contributed by atoms with van der Waals surface area (Å²) in [5.41, 5.74) is 0. The summed E-state index contributed by atoms with van der Waals surface area (Å²) < 4.78 is 38.2. The minimum absolute atomic E-state index is 0.0524. The lowest BCUT2D eigenvalue weighted by Gasteiger charge is -2.33. The molecule has 0 bridgehead atoms. The van der Waals surface area contributed by atoms with Crippen LogP contribution >= 0.6 is 0 Å². The fraction of sp³-hybridized carbons (Fsp3) is 0.556. The lowest BCUT2D eigenvalue weighted by Crippen LogP contribution is -2.49. The molecule has 0 atom stereocenters. The minimum Gasteiger partial charge on any atom is -0.491 e. The molecule has 2 aromatic rings. The van der Waals surface area contributed by atoms with Crippen LogP contribution in [0.2, 0.25) is 0 Å². The highest BCUT2D eigenvalue weighted by atomic mass is 32.2. The second-order valence-corrected chi connectivity index (χ2v) is 8.79. The molecule has 1 aliphatic heterocycles. The third kappa shape index (κ3) is 5.06. The summed E-state index contributed by atoms with van der Waals surface area (Å²) in [6.45, 7) is 8.71. The van der Waals surface area contributed by atoms with Crippen molar-refractivity contribution in [2.75, 3.05) is 32.7 Å². The lowest BCUT2D eigenvalue weighted by atomic mass is 10.3. The maximum Gasteiger partial charge on any atom is 0.243 e. The number of hydrogen-bond acceptors (Lipinski definition) is 7. The van der Waals surface area contributed by atoms with Gasteiger partial charge in [-0.25, -0.2) is 8.42 Å². The first-order valence-electron chi connectivity index (χ1n) is 9.13. The van der Waals surface area contributed by atoms with Crippen LogP contribution in [0.4, 0.5) is 0 Å². The van der Waals surface area contributed by atoms with E-state index in [1.165, 1.54) is 0 Å². The van der Waals surface area contributed by atoms with Crippen molar-refractivity contribution in [2.24, 2.45) is 0 Å². The average molecular weight is 394 g/mol. The molecule has 1 aromatic heterocycles. The Balaban J connectivity index is 1.54. The highest BCUT2D eigenvalue weighted by Crippen LogP contribution is 2.21. The van der Waals surface area contributed by atoms with Crippen LogP contribution in [0.25, 0.3) is 0 Å². The van der Waals surface area contributed by atoms with E-state index >= 15 is 0 Å². The van der Waals surface area contributed by atoms with Crippen molar-refractivity contribution >= 4 is 10.0 Å². The van der Waals surface area contributed by atoms with E-state index in [1.54, 1.807) is 35.5 Å². The fourth-order valence-electron chi connectivity index (χ4n) is 3.00. The molecule has 2 heterocycles. The summed E-state index contributed by atoms with van der Waals surface area (Å²) in [6, 6.07) is 6.62. The van der Waals surface area contributed by atoms with Crippen LogP contribution < -0.4 is 4.74 Å². The van der Waals surface area contributed by atoms with Crippen molar-refractivity contribution in [3.8, 4) is 5.75 Å². The molecular weight excluding hydrogens is 368 g/mol. The van der Waals surface area contributed by atoms with Crippen molar-refractivity contribution < 1.29 is 17.6 Å². The summed E-state index contributed by atoms with van der Waals surface area (Å²) >= 11 is 0. The molecule has 0 radical (unpaired) electrons. The van der Waals surface area contributed by atoms with Gasteiger partial charge in [-0.3, -0.25) is 0 Å². The molecule has 1 aliphatic rings. The topological polar surface area (TPSA) is 88.8 Å². The van der Waals surface area contributed by atoms with Crippen molar-refractivity contribution in [1.82, 2.24) is 19.4 Å². The van der Waals surface area contributed by atoms with E-state index in [9.17, 15) is 8.42 Å². The van der Waals surface area contributed by atoms with Gasteiger partial charge in [0.2, 0.25) is 21.8 Å². The smallest absolute Gasteiger partial charge is 0.243 e. The predicted molar refractivity (Wildman–Crippen MR) is 100 cm³/mol. The Labute approximate surface area is 160 Å². The van der Waals surface area contributed by atoms with E-state index in [1.807, 2.05) is 13.8 Å². The Morgan fingerprint density at radius 1 is 1.11 bits per heavy atom. The van der Waals surface area contributed by atoms with Crippen molar-refractivity contribution in [3.05, 3.63) is 36.0 Å². The number of aryl methyl sites for hydroxylation is 1. The van der Waals surface area contributed by atoms with Crippen LogP contribution in [-0.4, -0.2) is 66.6 Å². The average Bonchev–Trinajstić information content (AvgIpc) is 3.06. The van der Waals surface area contributed by atoms with Gasteiger partial charge in [-0.2, -0.15) is 4.31 Å². The Hall–Kier alpha value is -1.97. The molecule has 0 amide bonds. The van der Waals surface area contributed by atoms with E-state index in [4.69, 9.17) is 9.15 Å². The standard InChI is InChI=1S/C18H26N4O4S/c1-14(2)25-16-4-6-17(7-5-16)27(23,24)22-12-10-21(11-13-22)9-8-18-20-19-15(3)26-18/h4-7,14H,8-13H2,1-3H3. The molecule has 148 valence electrons. The zero-order valence-corrected chi connectivity index (χ0v) is 16.8. The second kappa shape index (κ2) is 8.37. The molecule has 1 fully saturated rings. The van der Waals surface area contributed by atoms with Gasteiger partial charge in [0.25, 0.3) is 0 Å². The van der Waals surface area contributed by atoms with Gasteiger partial charge >= 0.3 is 0 Å². The van der Waals surface area contributed by atoms with E-state index in [-0.39, 0.29) is 6.10 Å². The number of nitrogens with zero attached hydrogens (tertiary/aromatic N) is 4. The molecule has 27 heavy (non-hydrogen) atoms. The van der Waals surface area contributed by atoms with Gasteiger partial charge in [0.05, 0.1) is 11.0 Å². The van der Waals surface area contributed by atoms with Crippen molar-refractivity contribution in [1.29, 1.82) is 0 Å². The van der Waals surface area contributed by atoms with E-state index in [0.29, 0.717) is 55.0 Å². The fourth-order valence-corrected chi connectivity index (χ4v) is 4.42. The highest BCUT2D eigenvalue weighted by Gasteiger charge is 2.28. The molecular formula is C18H26N4O4S. The van der Waals surface area contributed by atoms with E-state index < -0.39 is 10.0 Å². The molecule has 0 aliphatic carbocycles. The molecule has 0 N–H and O–H groups in total. The van der Waals surface area contributed by atoms with E-state index in [2.05, 4.69) is 15.1 Å². The lowest BCUT2D eigenvalue weighted by molar-refractivity contribution is 0.186. The van der Waals surface area contributed by atoms with Crippen LogP contribution in [0.3, 0.4) is 0 Å². The molecule has 1 saturated heterocycles. The van der Waals surface area contributed by atoms with Gasteiger partial charge < -0.3 is 14.1 Å². The predicted octanol–water partition coefficient (Wildman–Crippen LogP) is 1.71. The monoisotopic (exact) mass is 394 g/mol. The van der Waals surface area contributed by atoms with Crippen LogP contribution in [0, 0.1) is 6.92 Å². The van der Waals surface area contributed by atoms with E-state index in [0.717, 1.165) is 6.54 Å². The zero-order chi connectivity index (χ0) is 19.4. The summed E-state index contributed by atoms with van der Waals surface area (Å²) in [4.78, 5) is 2.51. The minimum atomic E-state index is -3.48. The first-order valence-corrected chi connectivity index (χ1v) is 10.6. The molecule has 1 aromatic carbocycles. The van der Waals surface area contributed by atoms with Crippen molar-refractivity contribution in [2.45, 2.75) is 38.2 Å². The Morgan fingerprint density at radius 3 is 2.33 bits per heavy atom. The quantitative estimate of drug-likeness (QED) is 0.706. The number of benzene rings is 1. The van der Waals surface area contributed by atoms with Gasteiger partial charge in [-0.15, -0.1) is 10.2 Å². The Morgan fingerprint density at radius 2 is 1.78 bits per heavy atom. The van der Waals surface area contributed by atoms with Crippen molar-refractivity contribution in [3.63, 3.8) is 0 Å². The van der Waals surface area contributed by atoms with Gasteiger partial charge in [-0.1, -0.05) is 0 Å². The summed E-state index contributed by atoms with van der Waals surface area (Å²) in [7, 11) is -3.48. The number of sulfonamides is 1. The molecule has 0 spiro atoms. The molecule has 8 nitrogen and oxygen atoms in total. The number of piperazine rings is 1. The van der Waals surface area contributed by atoms with Gasteiger partial charge in [0.1, 0.15) is 5.75 Å². The number of ether oxygens (including phenoxy) is 1. The number of aromatic nitrogens is 2. The van der Waals surface area contributed by atoms with Gasteiger partial charge in [0.15, 0.2) is 0 Å². The third-order valence-electron chi connectivity index (χ3n) is 4.37. The van der Waals surface area contributed by atoms with Crippen LogP contribution in [0.15, 0.2) is 33.6 Å². The normalized spacial score (nSPS) is 16.7. The zero-order valence-electron chi connectivity index (χ0n) is 16.0. The first kappa shape index (κ1) is 19.8. The largest absolute Gasteiger partial charge is 0.491 e. The number of rotatable bonds is 7. The third-order valence-corrected chi connectivity index (χ3v) is 6.29. The summed E-state index contributed by atoms with van der Waals surface area (Å²) in [5, 5.41) is 7.81. The molecule has 0 saturated carbocycles. The molecule has 9 heteroatoms. The van der Waals surface area contributed by atoms with Gasteiger partial charge in [-0.05, 0) is 38.1 Å². The highest BCUT2D eigenvalue weighted by molar-refractivity contribution is 7.89. The Kier molecular flexibility index (Phi) is 6.13. The molecule has 0 unspecified atom stereocenters. The van der Waals surface area contributed by atoms with Crippen LogP contribution in [0.1, 0.15) is 25.6 Å². The Bertz CT molecular complexity index is 841. The maximum absolute atomic E-state index is 12.8. The molecule has 3 rings (SSSR count). The summed E-state index contributed by atoms with van der Waals surface area (Å²) in [5.74, 6) is 1.85.